The van der Waals surface area contributed by atoms with Gasteiger partial charge in [0.05, 0.1) is 24.1 Å². The maximum absolute atomic E-state index is 10.1. The van der Waals surface area contributed by atoms with Crippen LogP contribution in [0.25, 0.3) is 17.8 Å². The lowest BCUT2D eigenvalue weighted by molar-refractivity contribution is 0.415. The summed E-state index contributed by atoms with van der Waals surface area (Å²) in [7, 11) is 1.64. The lowest BCUT2D eigenvalue weighted by Gasteiger charge is -2.29. The van der Waals surface area contributed by atoms with Crippen LogP contribution in [0.4, 0.5) is 5.00 Å². The molecule has 0 radical (unpaired) electrons. The van der Waals surface area contributed by atoms with Gasteiger partial charge in [0, 0.05) is 27.6 Å². The van der Waals surface area contributed by atoms with Gasteiger partial charge in [0.15, 0.2) is 0 Å². The zero-order valence-electron chi connectivity index (χ0n) is 21.7. The van der Waals surface area contributed by atoms with E-state index in [0.29, 0.717) is 10.7 Å². The molecule has 5 nitrogen and oxygen atoms in total. The fourth-order valence-corrected chi connectivity index (χ4v) is 6.17. The topological polar surface area (TPSA) is 63.2 Å². The molecule has 0 N–H and O–H groups in total. The minimum Gasteiger partial charge on any atom is -0.497 e. The van der Waals surface area contributed by atoms with Crippen LogP contribution < -0.4 is 4.74 Å². The highest BCUT2D eigenvalue weighted by Crippen LogP contribution is 2.48. The zero-order chi connectivity index (χ0) is 26.9. The van der Waals surface area contributed by atoms with Crippen molar-refractivity contribution in [2.24, 2.45) is 4.99 Å². The van der Waals surface area contributed by atoms with Crippen molar-refractivity contribution in [2.45, 2.75) is 32.6 Å². The molecule has 5 rings (SSSR count). The van der Waals surface area contributed by atoms with Crippen molar-refractivity contribution in [3.63, 3.8) is 0 Å². The zero-order valence-corrected chi connectivity index (χ0v) is 23.3. The van der Waals surface area contributed by atoms with Gasteiger partial charge in [-0.05, 0) is 73.0 Å². The number of benzene rings is 2. The van der Waals surface area contributed by atoms with Crippen LogP contribution in [0, 0.1) is 18.3 Å². The van der Waals surface area contributed by atoms with Crippen molar-refractivity contribution in [1.82, 2.24) is 9.78 Å². The van der Waals surface area contributed by atoms with Crippen LogP contribution >= 0.6 is 22.9 Å². The van der Waals surface area contributed by atoms with Crippen LogP contribution in [0.2, 0.25) is 5.15 Å². The molecule has 0 atom stereocenters. The molecule has 2 aromatic heterocycles. The Hall–Kier alpha value is -3.92. The van der Waals surface area contributed by atoms with Gasteiger partial charge in [-0.3, -0.25) is 0 Å². The molecule has 1 aliphatic rings. The molecule has 0 amide bonds. The Balaban J connectivity index is 1.48. The van der Waals surface area contributed by atoms with E-state index in [1.165, 1.54) is 4.88 Å². The fraction of sp³-hybridized carbons (Fsp3) is 0.194. The normalized spacial score (nSPS) is 14.5. The molecule has 2 aromatic carbocycles. The minimum absolute atomic E-state index is 0.138. The molecule has 0 aliphatic heterocycles. The number of nitrogens with zero attached hydrogens (tertiary/aromatic N) is 4. The standard InChI is InChI=1S/C31H27ClN4OS/c1-20-25(29(32)36(35-20)23-8-6-5-7-9-23)15-12-22-16-26-27(18-33)30(38-28(26)31(2,3)17-22)34-19-21-10-13-24(37-4)14-11-21/h5-16,19H,17H2,1-4H3/b15-12-,34-19+. The summed E-state index contributed by atoms with van der Waals surface area (Å²) in [6.07, 6.45) is 8.87. The third-order valence-corrected chi connectivity index (χ3v) is 8.43. The van der Waals surface area contributed by atoms with Gasteiger partial charge in [-0.25, -0.2) is 9.67 Å². The van der Waals surface area contributed by atoms with E-state index in [0.717, 1.165) is 50.8 Å². The molecule has 190 valence electrons. The number of ether oxygens (including phenoxy) is 1. The number of aryl methyl sites for hydroxylation is 1. The quantitative estimate of drug-likeness (QED) is 0.232. The molecule has 0 saturated carbocycles. The highest BCUT2D eigenvalue weighted by molar-refractivity contribution is 7.16. The number of rotatable bonds is 6. The second-order valence-electron chi connectivity index (χ2n) is 9.82. The first-order valence-electron chi connectivity index (χ1n) is 12.3. The van der Waals surface area contributed by atoms with Crippen molar-refractivity contribution in [3.8, 4) is 17.5 Å². The summed E-state index contributed by atoms with van der Waals surface area (Å²) in [5, 5.41) is 16.0. The van der Waals surface area contributed by atoms with Gasteiger partial charge < -0.3 is 4.74 Å². The number of thiophene rings is 1. The average Bonchev–Trinajstić information content (AvgIpc) is 3.43. The predicted octanol–water partition coefficient (Wildman–Crippen LogP) is 8.30. The van der Waals surface area contributed by atoms with E-state index in [9.17, 15) is 5.26 Å². The summed E-state index contributed by atoms with van der Waals surface area (Å²) in [5.41, 5.74) is 6.17. The van der Waals surface area contributed by atoms with Gasteiger partial charge in [0.1, 0.15) is 22.0 Å². The highest BCUT2D eigenvalue weighted by Gasteiger charge is 2.33. The number of nitriles is 1. The summed E-state index contributed by atoms with van der Waals surface area (Å²) < 4.78 is 6.99. The Labute approximate surface area is 232 Å². The highest BCUT2D eigenvalue weighted by atomic mass is 35.5. The van der Waals surface area contributed by atoms with E-state index in [1.807, 2.05) is 67.6 Å². The predicted molar refractivity (Wildman–Crippen MR) is 157 cm³/mol. The molecule has 4 aromatic rings. The number of hydrogen-bond acceptors (Lipinski definition) is 5. The number of hydrogen-bond donors (Lipinski definition) is 0. The SMILES string of the molecule is COc1ccc(/C=N/c2sc3c(c2C#N)C=C(/C=C\c2c(C)nn(-c4ccccc4)c2Cl)CC3(C)C)cc1. The molecule has 0 spiro atoms. The molecule has 1 aliphatic carbocycles. The van der Waals surface area contributed by atoms with Gasteiger partial charge in [0.25, 0.3) is 0 Å². The van der Waals surface area contributed by atoms with Crippen molar-refractivity contribution in [2.75, 3.05) is 7.11 Å². The first-order valence-corrected chi connectivity index (χ1v) is 13.4. The Morgan fingerprint density at radius 3 is 2.55 bits per heavy atom. The van der Waals surface area contributed by atoms with Gasteiger partial charge in [-0.15, -0.1) is 11.3 Å². The van der Waals surface area contributed by atoms with Crippen LogP contribution in [0.1, 0.15) is 53.1 Å². The van der Waals surface area contributed by atoms with Gasteiger partial charge in [0.2, 0.25) is 0 Å². The van der Waals surface area contributed by atoms with Crippen molar-refractivity contribution in [1.29, 1.82) is 5.26 Å². The van der Waals surface area contributed by atoms with E-state index < -0.39 is 0 Å². The first-order chi connectivity index (χ1) is 18.3. The smallest absolute Gasteiger partial charge is 0.140 e. The van der Waals surface area contributed by atoms with Gasteiger partial charge >= 0.3 is 0 Å². The molecule has 2 heterocycles. The average molecular weight is 539 g/mol. The fourth-order valence-electron chi connectivity index (χ4n) is 4.66. The van der Waals surface area contributed by atoms with Crippen molar-refractivity contribution in [3.05, 3.63) is 104 Å². The Morgan fingerprint density at radius 2 is 1.87 bits per heavy atom. The van der Waals surface area contributed by atoms with Crippen LogP contribution in [-0.4, -0.2) is 23.1 Å². The Morgan fingerprint density at radius 1 is 1.13 bits per heavy atom. The van der Waals surface area contributed by atoms with Crippen LogP contribution in [-0.2, 0) is 5.41 Å². The molecular weight excluding hydrogens is 512 g/mol. The third-order valence-electron chi connectivity index (χ3n) is 6.59. The Bertz CT molecular complexity index is 1620. The number of aromatic nitrogens is 2. The number of para-hydroxylation sites is 1. The van der Waals surface area contributed by atoms with E-state index >= 15 is 0 Å². The maximum atomic E-state index is 10.1. The number of fused-ring (bicyclic) bond motifs is 1. The van der Waals surface area contributed by atoms with Gasteiger partial charge in [-0.1, -0.05) is 49.7 Å². The first kappa shape index (κ1) is 25.7. The number of allylic oxidation sites excluding steroid dienone is 2. The summed E-state index contributed by atoms with van der Waals surface area (Å²) in [4.78, 5) is 5.88. The third kappa shape index (κ3) is 4.96. The van der Waals surface area contributed by atoms with E-state index in [2.05, 4.69) is 37.2 Å². The van der Waals surface area contributed by atoms with E-state index in [4.69, 9.17) is 21.3 Å². The maximum Gasteiger partial charge on any atom is 0.140 e. The summed E-state index contributed by atoms with van der Waals surface area (Å²) >= 11 is 8.33. The molecular formula is C31H27ClN4OS. The van der Waals surface area contributed by atoms with E-state index in [1.54, 1.807) is 29.3 Å². The second kappa shape index (κ2) is 10.4. The molecule has 0 bridgehead atoms. The minimum atomic E-state index is -0.138. The molecule has 0 fully saturated rings. The van der Waals surface area contributed by atoms with E-state index in [-0.39, 0.29) is 5.41 Å². The lowest BCUT2D eigenvalue weighted by Crippen LogP contribution is -2.20. The summed E-state index contributed by atoms with van der Waals surface area (Å²) in [5.74, 6) is 0.794. The van der Waals surface area contributed by atoms with Crippen molar-refractivity contribution >= 4 is 46.3 Å². The lowest BCUT2D eigenvalue weighted by atomic mass is 9.77. The Kier molecular flexibility index (Phi) is 7.07. The molecule has 0 unspecified atom stereocenters. The number of halogens is 1. The van der Waals surface area contributed by atoms with Crippen LogP contribution in [0.3, 0.4) is 0 Å². The van der Waals surface area contributed by atoms with Crippen LogP contribution in [0.5, 0.6) is 5.75 Å². The monoisotopic (exact) mass is 538 g/mol. The summed E-state index contributed by atoms with van der Waals surface area (Å²) in [6, 6.07) is 20.0. The summed E-state index contributed by atoms with van der Waals surface area (Å²) in [6.45, 7) is 6.39. The molecule has 7 heteroatoms. The van der Waals surface area contributed by atoms with Gasteiger partial charge in [-0.2, -0.15) is 10.4 Å². The van der Waals surface area contributed by atoms with Crippen LogP contribution in [0.15, 0.2) is 71.2 Å². The second-order valence-corrected chi connectivity index (χ2v) is 11.2. The van der Waals surface area contributed by atoms with Crippen molar-refractivity contribution < 1.29 is 4.74 Å². The largest absolute Gasteiger partial charge is 0.497 e. The number of methoxy groups -OCH3 is 1. The molecule has 0 saturated heterocycles. The molecule has 38 heavy (non-hydrogen) atoms. The number of aliphatic imine (C=N–C) groups is 1.